The van der Waals surface area contributed by atoms with Crippen molar-refractivity contribution in [3.05, 3.63) is 79.9 Å². The Balaban J connectivity index is 1.85. The second-order valence-electron chi connectivity index (χ2n) is 6.47. The summed E-state index contributed by atoms with van der Waals surface area (Å²) in [5.41, 5.74) is 0.972. The van der Waals surface area contributed by atoms with Gasteiger partial charge in [0.05, 0.1) is 27.0 Å². The molecule has 0 bridgehead atoms. The number of hydrogen-bond acceptors (Lipinski definition) is 6. The van der Waals surface area contributed by atoms with Gasteiger partial charge < -0.3 is 4.74 Å². The Morgan fingerprint density at radius 2 is 1.50 bits per heavy atom. The second-order valence-corrected chi connectivity index (χ2v) is 6.47. The van der Waals surface area contributed by atoms with Crippen molar-refractivity contribution in [2.24, 2.45) is 0 Å². The van der Waals surface area contributed by atoms with E-state index in [1.54, 1.807) is 36.4 Å². The number of ether oxygens (including phenoxy) is 1. The van der Waals surface area contributed by atoms with Crippen LogP contribution in [0.2, 0.25) is 0 Å². The zero-order chi connectivity index (χ0) is 18.3. The summed E-state index contributed by atoms with van der Waals surface area (Å²) in [7, 11) is 0. The number of nitrogens with zero attached hydrogens (tertiary/aromatic N) is 3. The summed E-state index contributed by atoms with van der Waals surface area (Å²) < 4.78 is 6.16. The summed E-state index contributed by atoms with van der Waals surface area (Å²) in [5, 5.41) is 23.0. The van der Waals surface area contributed by atoms with E-state index >= 15 is 0 Å². The maximum Gasteiger partial charge on any atom is 0.275 e. The largest absolute Gasteiger partial charge is 0.353 e. The molecule has 4 rings (SSSR count). The molecule has 2 aliphatic heterocycles. The Morgan fingerprint density at radius 1 is 0.923 bits per heavy atom. The maximum atomic E-state index is 11.5. The molecule has 3 atom stereocenters. The highest BCUT2D eigenvalue weighted by atomic mass is 16.6. The maximum absolute atomic E-state index is 11.5. The first-order chi connectivity index (χ1) is 12.6. The quantitative estimate of drug-likeness (QED) is 0.612. The molecule has 2 fully saturated rings. The van der Waals surface area contributed by atoms with Crippen LogP contribution in [0, 0.1) is 20.2 Å². The lowest BCUT2D eigenvalue weighted by Crippen LogP contribution is -2.27. The lowest BCUT2D eigenvalue weighted by atomic mass is 9.93. The van der Waals surface area contributed by atoms with E-state index in [4.69, 9.17) is 4.74 Å². The summed E-state index contributed by atoms with van der Waals surface area (Å²) in [4.78, 5) is 24.2. The van der Waals surface area contributed by atoms with Gasteiger partial charge in [0.1, 0.15) is 12.3 Å². The normalized spacial score (nSPS) is 25.2. The van der Waals surface area contributed by atoms with Crippen LogP contribution in [0.5, 0.6) is 0 Å². The highest BCUT2D eigenvalue weighted by molar-refractivity contribution is 5.48. The number of hydrogen-bond donors (Lipinski definition) is 0. The molecule has 134 valence electrons. The average molecular weight is 355 g/mol. The Morgan fingerprint density at radius 3 is 2.15 bits per heavy atom. The van der Waals surface area contributed by atoms with Crippen molar-refractivity contribution in [2.45, 2.75) is 31.2 Å². The van der Waals surface area contributed by atoms with Crippen molar-refractivity contribution in [1.82, 2.24) is 4.90 Å². The summed E-state index contributed by atoms with van der Waals surface area (Å²) >= 11 is 0. The number of rotatable bonds is 4. The lowest BCUT2D eigenvalue weighted by molar-refractivity contribution is -0.386. The first-order valence-electron chi connectivity index (χ1n) is 8.46. The molecule has 2 aromatic carbocycles. The first-order valence-corrected chi connectivity index (χ1v) is 8.46. The van der Waals surface area contributed by atoms with E-state index in [9.17, 15) is 20.2 Å². The Bertz CT molecular complexity index is 871. The van der Waals surface area contributed by atoms with Gasteiger partial charge in [-0.05, 0) is 18.9 Å². The van der Waals surface area contributed by atoms with Crippen molar-refractivity contribution in [2.75, 3.05) is 6.54 Å². The fraction of sp³-hybridized carbons (Fsp3) is 0.333. The fourth-order valence-corrected chi connectivity index (χ4v) is 4.02. The Hall–Kier alpha value is -2.84. The highest BCUT2D eigenvalue weighted by Gasteiger charge is 2.49. The van der Waals surface area contributed by atoms with Gasteiger partial charge in [-0.1, -0.05) is 30.3 Å². The van der Waals surface area contributed by atoms with Gasteiger partial charge in [-0.3, -0.25) is 25.1 Å². The van der Waals surface area contributed by atoms with Gasteiger partial charge in [0.15, 0.2) is 0 Å². The monoisotopic (exact) mass is 355 g/mol. The van der Waals surface area contributed by atoms with Crippen LogP contribution in [0.15, 0.2) is 48.5 Å². The molecule has 0 unspecified atom stereocenters. The van der Waals surface area contributed by atoms with Crippen LogP contribution in [0.25, 0.3) is 0 Å². The van der Waals surface area contributed by atoms with Gasteiger partial charge in [-0.25, -0.2) is 0 Å². The third kappa shape index (κ3) is 2.63. The lowest BCUT2D eigenvalue weighted by Gasteiger charge is -2.25. The molecule has 0 aromatic heterocycles. The summed E-state index contributed by atoms with van der Waals surface area (Å²) in [6.07, 6.45) is 0.951. The van der Waals surface area contributed by atoms with Crippen LogP contribution in [-0.2, 0) is 4.74 Å². The van der Waals surface area contributed by atoms with Crippen LogP contribution in [-0.4, -0.2) is 27.5 Å². The molecule has 8 nitrogen and oxygen atoms in total. The van der Waals surface area contributed by atoms with Crippen LogP contribution >= 0.6 is 0 Å². The molecule has 0 amide bonds. The third-order valence-corrected chi connectivity index (χ3v) is 5.08. The minimum Gasteiger partial charge on any atom is -0.353 e. The zero-order valence-electron chi connectivity index (χ0n) is 13.9. The van der Waals surface area contributed by atoms with Crippen molar-refractivity contribution < 1.29 is 14.6 Å². The second kappa shape index (κ2) is 6.47. The van der Waals surface area contributed by atoms with E-state index < -0.39 is 22.0 Å². The summed E-state index contributed by atoms with van der Waals surface area (Å²) in [6, 6.07) is 12.6. The SMILES string of the molecule is O=[N+]([O-])c1ccccc1[C@H]1O[C@H]2CCCN2[C@@H]1c1ccccc1[N+](=O)[O-]. The molecule has 0 aliphatic carbocycles. The fourth-order valence-electron chi connectivity index (χ4n) is 4.02. The molecule has 0 spiro atoms. The van der Waals surface area contributed by atoms with Crippen LogP contribution < -0.4 is 0 Å². The molecular formula is C18H17N3O5. The summed E-state index contributed by atoms with van der Waals surface area (Å²) in [6.45, 7) is 0.749. The van der Waals surface area contributed by atoms with E-state index in [1.165, 1.54) is 12.1 Å². The molecule has 8 heteroatoms. The molecule has 2 aliphatic rings. The van der Waals surface area contributed by atoms with Crippen molar-refractivity contribution in [1.29, 1.82) is 0 Å². The topological polar surface area (TPSA) is 98.8 Å². The number of benzene rings is 2. The molecule has 0 saturated carbocycles. The van der Waals surface area contributed by atoms with Gasteiger partial charge in [-0.15, -0.1) is 0 Å². The molecule has 26 heavy (non-hydrogen) atoms. The molecule has 0 radical (unpaired) electrons. The minimum absolute atomic E-state index is 0.0113. The van der Waals surface area contributed by atoms with E-state index in [-0.39, 0.29) is 17.6 Å². The minimum atomic E-state index is -0.622. The van der Waals surface area contributed by atoms with Gasteiger partial charge in [-0.2, -0.15) is 0 Å². The number of fused-ring (bicyclic) bond motifs is 1. The van der Waals surface area contributed by atoms with Crippen LogP contribution in [0.3, 0.4) is 0 Å². The van der Waals surface area contributed by atoms with E-state index in [1.807, 2.05) is 0 Å². The predicted octanol–water partition coefficient (Wildman–Crippen LogP) is 3.74. The zero-order valence-corrected chi connectivity index (χ0v) is 13.9. The third-order valence-electron chi connectivity index (χ3n) is 5.08. The first kappa shape index (κ1) is 16.6. The van der Waals surface area contributed by atoms with E-state index in [0.717, 1.165) is 19.4 Å². The van der Waals surface area contributed by atoms with Gasteiger partial charge >= 0.3 is 0 Å². The van der Waals surface area contributed by atoms with Crippen LogP contribution in [0.4, 0.5) is 11.4 Å². The highest BCUT2D eigenvalue weighted by Crippen LogP contribution is 2.51. The molecule has 2 heterocycles. The molecule has 2 saturated heterocycles. The number of nitro groups is 2. The molecular weight excluding hydrogens is 338 g/mol. The van der Waals surface area contributed by atoms with Crippen molar-refractivity contribution >= 4 is 11.4 Å². The predicted molar refractivity (Wildman–Crippen MR) is 92.5 cm³/mol. The Labute approximate surface area is 149 Å². The molecule has 2 aromatic rings. The standard InChI is InChI=1S/C18H17N3O5/c22-20(23)14-8-3-1-6-12(14)17-18(26-16-10-5-11-19(16)17)13-7-2-4-9-15(13)21(24)25/h1-4,6-9,16-18H,5,10-11H2/t16-,17+,18+/m0/s1. The van der Waals surface area contributed by atoms with Gasteiger partial charge in [0.2, 0.25) is 0 Å². The van der Waals surface area contributed by atoms with Gasteiger partial charge in [0, 0.05) is 18.7 Å². The van der Waals surface area contributed by atoms with Crippen molar-refractivity contribution in [3.63, 3.8) is 0 Å². The summed E-state index contributed by atoms with van der Waals surface area (Å²) in [5.74, 6) is 0. The number of nitro benzene ring substituents is 2. The van der Waals surface area contributed by atoms with Crippen LogP contribution in [0.1, 0.15) is 36.1 Å². The van der Waals surface area contributed by atoms with Crippen molar-refractivity contribution in [3.8, 4) is 0 Å². The smallest absolute Gasteiger partial charge is 0.275 e. The van der Waals surface area contributed by atoms with E-state index in [0.29, 0.717) is 11.1 Å². The average Bonchev–Trinajstić information content (AvgIpc) is 3.22. The Kier molecular flexibility index (Phi) is 4.14. The number of para-hydroxylation sites is 2. The van der Waals surface area contributed by atoms with E-state index in [2.05, 4.69) is 4.90 Å². The molecule has 0 N–H and O–H groups in total. The van der Waals surface area contributed by atoms with Gasteiger partial charge in [0.25, 0.3) is 11.4 Å².